The summed E-state index contributed by atoms with van der Waals surface area (Å²) in [6.07, 6.45) is 8.30. The lowest BCUT2D eigenvalue weighted by molar-refractivity contribution is 0.00754. The van der Waals surface area contributed by atoms with Crippen LogP contribution in [-0.2, 0) is 28.9 Å². The van der Waals surface area contributed by atoms with Gasteiger partial charge < -0.3 is 18.9 Å². The van der Waals surface area contributed by atoms with Crippen LogP contribution in [0.15, 0.2) is 41.6 Å². The third kappa shape index (κ3) is 5.32. The van der Waals surface area contributed by atoms with E-state index in [0.717, 1.165) is 39.1 Å². The summed E-state index contributed by atoms with van der Waals surface area (Å²) >= 11 is 3.72. The maximum absolute atomic E-state index is 5.94. The number of imidazole rings is 1. The predicted molar refractivity (Wildman–Crippen MR) is 130 cm³/mol. The van der Waals surface area contributed by atoms with E-state index in [9.17, 15) is 0 Å². The molecule has 0 amide bonds. The number of piperazine rings is 1. The summed E-state index contributed by atoms with van der Waals surface area (Å²) in [5, 5.41) is 4.36. The van der Waals surface area contributed by atoms with E-state index in [-0.39, 0.29) is 6.10 Å². The zero-order valence-electron chi connectivity index (χ0n) is 18.7. The van der Waals surface area contributed by atoms with Gasteiger partial charge in [-0.25, -0.2) is 4.98 Å². The number of likely N-dealkylation sites (N-methyl/N-ethyl adjacent to an activating group) is 1. The molecule has 3 aromatic rings. The standard InChI is InChI=1S/C13H20N2OS.C11H12N2OS/c1-14-4-6-15(7-5-14)10-12-11-3-9-17-13(11)2-8-16-12;1-5-14-10(7-13-4-3-12-8-13)9-2-6-15-11(1)9/h3,9,12H,2,4-8,10H2,1H3;2-4,6,8,10H,1,5,7H2. The van der Waals surface area contributed by atoms with E-state index in [0.29, 0.717) is 6.10 Å². The molecule has 0 spiro atoms. The molecule has 8 heteroatoms. The molecule has 0 aromatic carbocycles. The number of hydrogen-bond donors (Lipinski definition) is 0. The van der Waals surface area contributed by atoms with Gasteiger partial charge in [0.25, 0.3) is 0 Å². The average Bonchev–Trinajstić information content (AvgIpc) is 3.58. The second-order valence-corrected chi connectivity index (χ2v) is 10.7. The molecule has 0 radical (unpaired) electrons. The van der Waals surface area contributed by atoms with Crippen molar-refractivity contribution in [3.05, 3.63) is 62.5 Å². The molecule has 172 valence electrons. The van der Waals surface area contributed by atoms with Crippen molar-refractivity contribution >= 4 is 22.7 Å². The Balaban J connectivity index is 0.000000136. The van der Waals surface area contributed by atoms with Gasteiger partial charge in [-0.05, 0) is 41.1 Å². The summed E-state index contributed by atoms with van der Waals surface area (Å²) in [6, 6.07) is 4.43. The summed E-state index contributed by atoms with van der Waals surface area (Å²) in [7, 11) is 2.20. The largest absolute Gasteiger partial charge is 0.372 e. The molecule has 0 bridgehead atoms. The summed E-state index contributed by atoms with van der Waals surface area (Å²) in [4.78, 5) is 12.0. The van der Waals surface area contributed by atoms with Gasteiger partial charge in [0.05, 0.1) is 32.2 Å². The molecule has 6 rings (SSSR count). The molecule has 0 aliphatic carbocycles. The Labute approximate surface area is 198 Å². The highest BCUT2D eigenvalue weighted by Crippen LogP contribution is 2.32. The van der Waals surface area contributed by atoms with E-state index < -0.39 is 0 Å². The second-order valence-electron chi connectivity index (χ2n) is 8.68. The Hall–Kier alpha value is -1.55. The van der Waals surface area contributed by atoms with Gasteiger partial charge in [-0.15, -0.1) is 22.7 Å². The smallest absolute Gasteiger partial charge is 0.101 e. The molecule has 2 unspecified atom stereocenters. The summed E-state index contributed by atoms with van der Waals surface area (Å²) < 4.78 is 13.8. The van der Waals surface area contributed by atoms with Crippen LogP contribution in [0.25, 0.3) is 0 Å². The lowest BCUT2D eigenvalue weighted by Crippen LogP contribution is -2.46. The summed E-state index contributed by atoms with van der Waals surface area (Å²) in [5.41, 5.74) is 2.81. The summed E-state index contributed by atoms with van der Waals surface area (Å²) in [6.45, 7) is 8.39. The van der Waals surface area contributed by atoms with Crippen molar-refractivity contribution in [1.29, 1.82) is 0 Å². The second kappa shape index (κ2) is 10.6. The minimum atomic E-state index is 0.203. The van der Waals surface area contributed by atoms with E-state index in [4.69, 9.17) is 9.47 Å². The van der Waals surface area contributed by atoms with Crippen LogP contribution >= 0.6 is 22.7 Å². The third-order valence-corrected chi connectivity index (χ3v) is 8.50. The van der Waals surface area contributed by atoms with E-state index in [1.807, 2.05) is 35.2 Å². The minimum Gasteiger partial charge on any atom is -0.372 e. The lowest BCUT2D eigenvalue weighted by atomic mass is 10.1. The van der Waals surface area contributed by atoms with Crippen LogP contribution in [0.1, 0.15) is 33.1 Å². The van der Waals surface area contributed by atoms with Gasteiger partial charge in [-0.2, -0.15) is 0 Å². The van der Waals surface area contributed by atoms with Crippen LogP contribution in [0, 0.1) is 0 Å². The quantitative estimate of drug-likeness (QED) is 0.577. The van der Waals surface area contributed by atoms with Crippen molar-refractivity contribution in [2.45, 2.75) is 31.6 Å². The monoisotopic (exact) mass is 472 g/mol. The molecule has 3 aromatic heterocycles. The molecule has 6 nitrogen and oxygen atoms in total. The normalized spacial score (nSPS) is 23.8. The zero-order valence-corrected chi connectivity index (χ0v) is 20.3. The Kier molecular flexibility index (Phi) is 7.36. The third-order valence-electron chi connectivity index (χ3n) is 6.51. The van der Waals surface area contributed by atoms with Crippen molar-refractivity contribution in [3.63, 3.8) is 0 Å². The molecule has 6 heterocycles. The molecule has 1 saturated heterocycles. The first-order valence-corrected chi connectivity index (χ1v) is 13.2. The topological polar surface area (TPSA) is 42.8 Å². The average molecular weight is 473 g/mol. The van der Waals surface area contributed by atoms with Crippen molar-refractivity contribution in [1.82, 2.24) is 19.4 Å². The number of hydrogen-bond acceptors (Lipinski definition) is 7. The van der Waals surface area contributed by atoms with Crippen LogP contribution in [0.3, 0.4) is 0 Å². The zero-order chi connectivity index (χ0) is 21.8. The number of thiophene rings is 2. The fraction of sp³-hybridized carbons (Fsp3) is 0.542. The maximum atomic E-state index is 5.94. The lowest BCUT2D eigenvalue weighted by Gasteiger charge is -2.35. The SMILES string of the molecule is CN1CCN(CC2OCCc3sccc32)CC1.c1cn(CC2OCCc3sccc32)cn1. The van der Waals surface area contributed by atoms with Gasteiger partial charge >= 0.3 is 0 Å². The Morgan fingerprint density at radius 2 is 1.53 bits per heavy atom. The number of fused-ring (bicyclic) bond motifs is 2. The number of rotatable bonds is 4. The van der Waals surface area contributed by atoms with Crippen molar-refractivity contribution in [2.75, 3.05) is 53.0 Å². The molecular weight excluding hydrogens is 440 g/mol. The molecule has 3 aliphatic rings. The number of nitrogens with zero attached hydrogens (tertiary/aromatic N) is 4. The molecular formula is C24H32N4O2S2. The maximum Gasteiger partial charge on any atom is 0.101 e. The van der Waals surface area contributed by atoms with E-state index in [2.05, 4.69) is 49.3 Å². The first kappa shape index (κ1) is 22.3. The first-order valence-electron chi connectivity index (χ1n) is 11.5. The van der Waals surface area contributed by atoms with Crippen LogP contribution in [0.5, 0.6) is 0 Å². The highest BCUT2D eigenvalue weighted by atomic mass is 32.1. The Morgan fingerprint density at radius 1 is 0.906 bits per heavy atom. The number of aromatic nitrogens is 2. The van der Waals surface area contributed by atoms with Crippen molar-refractivity contribution in [2.24, 2.45) is 0 Å². The van der Waals surface area contributed by atoms with Gasteiger partial charge in [0.1, 0.15) is 6.10 Å². The first-order chi connectivity index (χ1) is 15.8. The van der Waals surface area contributed by atoms with E-state index in [1.165, 1.54) is 47.1 Å². The van der Waals surface area contributed by atoms with Crippen LogP contribution in [0.2, 0.25) is 0 Å². The molecule has 1 fully saturated rings. The fourth-order valence-corrected chi connectivity index (χ4v) is 6.43. The number of ether oxygens (including phenoxy) is 2. The van der Waals surface area contributed by atoms with Gasteiger partial charge in [-0.1, -0.05) is 0 Å². The van der Waals surface area contributed by atoms with Crippen LogP contribution in [-0.4, -0.2) is 72.3 Å². The summed E-state index contributed by atoms with van der Waals surface area (Å²) in [5.74, 6) is 0. The Bertz CT molecular complexity index is 962. The highest BCUT2D eigenvalue weighted by Gasteiger charge is 2.25. The van der Waals surface area contributed by atoms with Gasteiger partial charge in [-0.3, -0.25) is 4.90 Å². The van der Waals surface area contributed by atoms with Crippen molar-refractivity contribution < 1.29 is 9.47 Å². The molecule has 3 aliphatic heterocycles. The highest BCUT2D eigenvalue weighted by molar-refractivity contribution is 7.10. The van der Waals surface area contributed by atoms with Crippen LogP contribution < -0.4 is 0 Å². The molecule has 0 saturated carbocycles. The molecule has 2 atom stereocenters. The van der Waals surface area contributed by atoms with Gasteiger partial charge in [0.15, 0.2) is 0 Å². The molecule has 0 N–H and O–H groups in total. The van der Waals surface area contributed by atoms with Crippen molar-refractivity contribution in [3.8, 4) is 0 Å². The minimum absolute atomic E-state index is 0.203. The Morgan fingerprint density at radius 3 is 2.12 bits per heavy atom. The predicted octanol–water partition coefficient (Wildman–Crippen LogP) is 3.87. The van der Waals surface area contributed by atoms with E-state index >= 15 is 0 Å². The van der Waals surface area contributed by atoms with E-state index in [1.54, 1.807) is 6.20 Å². The van der Waals surface area contributed by atoms with Crippen LogP contribution in [0.4, 0.5) is 0 Å². The van der Waals surface area contributed by atoms with Gasteiger partial charge in [0.2, 0.25) is 0 Å². The fourth-order valence-electron chi connectivity index (χ4n) is 4.60. The molecule has 32 heavy (non-hydrogen) atoms. The van der Waals surface area contributed by atoms with Gasteiger partial charge in [0, 0.05) is 67.7 Å².